The molecule has 2 rings (SSSR count). The third-order valence-electron chi connectivity index (χ3n) is 4.28. The van der Waals surface area contributed by atoms with Gasteiger partial charge in [0.25, 0.3) is 0 Å². The first-order valence-corrected chi connectivity index (χ1v) is 10.1. The third-order valence-corrected chi connectivity index (χ3v) is 4.28. The first kappa shape index (κ1) is 26.6. The molecular formula is C22H31FIN5O2. The van der Waals surface area contributed by atoms with Gasteiger partial charge in [-0.3, -0.25) is 9.78 Å². The number of carbonyl (C=O) groups excluding carboxylic acids is 1. The van der Waals surface area contributed by atoms with Gasteiger partial charge in [-0.1, -0.05) is 6.07 Å². The number of ether oxygens (including phenoxy) is 1. The second-order valence-corrected chi connectivity index (χ2v) is 6.84. The second kappa shape index (κ2) is 14.6. The van der Waals surface area contributed by atoms with Crippen molar-refractivity contribution in [2.24, 2.45) is 4.99 Å². The molecule has 0 radical (unpaired) electrons. The molecule has 1 amide bonds. The van der Waals surface area contributed by atoms with Gasteiger partial charge < -0.3 is 20.3 Å². The molecule has 9 heteroatoms. The minimum Gasteiger partial charge on any atom is -0.489 e. The number of aromatic nitrogens is 1. The number of halogens is 2. The summed E-state index contributed by atoms with van der Waals surface area (Å²) in [7, 11) is 1.76. The molecular weight excluding hydrogens is 512 g/mol. The summed E-state index contributed by atoms with van der Waals surface area (Å²) in [6.07, 6.45) is 2.27. The van der Waals surface area contributed by atoms with Crippen molar-refractivity contribution in [2.75, 3.05) is 33.2 Å². The van der Waals surface area contributed by atoms with E-state index < -0.39 is 0 Å². The standard InChI is InChI=1S/C22H30FN5O2.HI/c1-4-24-22(26-15-17(2)30-20-10-8-18(23)9-11-20)27-16-21(29)28(3)14-12-19-7-5-6-13-25-19;/h5-11,13,17H,4,12,14-16H2,1-3H3,(H2,24,26,27);1H. The van der Waals surface area contributed by atoms with Crippen LogP contribution < -0.4 is 15.4 Å². The van der Waals surface area contributed by atoms with Crippen LogP contribution in [-0.2, 0) is 11.2 Å². The van der Waals surface area contributed by atoms with E-state index in [9.17, 15) is 9.18 Å². The molecule has 1 heterocycles. The molecule has 0 aliphatic rings. The van der Waals surface area contributed by atoms with Crippen molar-refractivity contribution in [3.05, 3.63) is 60.2 Å². The van der Waals surface area contributed by atoms with Gasteiger partial charge in [-0.05, 0) is 50.2 Å². The summed E-state index contributed by atoms with van der Waals surface area (Å²) in [5.41, 5.74) is 0.950. The molecule has 0 bridgehead atoms. The number of aliphatic imine (C=N–C) groups is 1. The summed E-state index contributed by atoms with van der Waals surface area (Å²) in [4.78, 5) is 22.7. The minimum atomic E-state index is -0.302. The van der Waals surface area contributed by atoms with Gasteiger partial charge in [-0.25, -0.2) is 9.38 Å². The van der Waals surface area contributed by atoms with Gasteiger partial charge in [-0.2, -0.15) is 0 Å². The normalized spacial score (nSPS) is 11.8. The number of nitrogens with zero attached hydrogens (tertiary/aromatic N) is 3. The summed E-state index contributed by atoms with van der Waals surface area (Å²) < 4.78 is 18.7. The highest BCUT2D eigenvalue weighted by Gasteiger charge is 2.10. The smallest absolute Gasteiger partial charge is 0.244 e. The number of amides is 1. The molecule has 1 aromatic heterocycles. The van der Waals surface area contributed by atoms with Crippen LogP contribution in [0.2, 0.25) is 0 Å². The number of hydrogen-bond donors (Lipinski definition) is 2. The van der Waals surface area contributed by atoms with E-state index in [4.69, 9.17) is 4.74 Å². The first-order chi connectivity index (χ1) is 14.5. The number of likely N-dealkylation sites (N-methyl/N-ethyl adjacent to an activating group) is 1. The van der Waals surface area contributed by atoms with Crippen molar-refractivity contribution in [3.8, 4) is 5.75 Å². The average molecular weight is 543 g/mol. The highest BCUT2D eigenvalue weighted by atomic mass is 127. The van der Waals surface area contributed by atoms with Crippen LogP contribution in [0.4, 0.5) is 4.39 Å². The third kappa shape index (κ3) is 10.4. The number of rotatable bonds is 10. The Hall–Kier alpha value is -2.43. The Labute approximate surface area is 200 Å². The van der Waals surface area contributed by atoms with Crippen molar-refractivity contribution in [1.82, 2.24) is 20.5 Å². The van der Waals surface area contributed by atoms with Gasteiger partial charge in [0.1, 0.15) is 24.2 Å². The summed E-state index contributed by atoms with van der Waals surface area (Å²) >= 11 is 0. The molecule has 7 nitrogen and oxygen atoms in total. The van der Waals surface area contributed by atoms with Crippen molar-refractivity contribution in [2.45, 2.75) is 26.4 Å². The second-order valence-electron chi connectivity index (χ2n) is 6.84. The zero-order valence-corrected chi connectivity index (χ0v) is 20.5. The van der Waals surface area contributed by atoms with Crippen LogP contribution in [0.25, 0.3) is 0 Å². The maximum atomic E-state index is 13.0. The number of hydrogen-bond acceptors (Lipinski definition) is 4. The van der Waals surface area contributed by atoms with Gasteiger partial charge in [0.2, 0.25) is 5.91 Å². The van der Waals surface area contributed by atoms with Crippen LogP contribution in [0.15, 0.2) is 53.7 Å². The highest BCUT2D eigenvalue weighted by Crippen LogP contribution is 2.12. The fourth-order valence-corrected chi connectivity index (χ4v) is 2.59. The largest absolute Gasteiger partial charge is 0.489 e. The van der Waals surface area contributed by atoms with E-state index >= 15 is 0 Å². The summed E-state index contributed by atoms with van der Waals surface area (Å²) in [6.45, 7) is 5.63. The van der Waals surface area contributed by atoms with E-state index in [1.54, 1.807) is 30.3 Å². The fourth-order valence-electron chi connectivity index (χ4n) is 2.59. The van der Waals surface area contributed by atoms with Crippen molar-refractivity contribution >= 4 is 35.8 Å². The van der Waals surface area contributed by atoms with Crippen LogP contribution >= 0.6 is 24.0 Å². The molecule has 1 atom stereocenters. The van der Waals surface area contributed by atoms with Crippen molar-refractivity contribution < 1.29 is 13.9 Å². The molecule has 2 aromatic rings. The van der Waals surface area contributed by atoms with Crippen LogP contribution in [-0.4, -0.2) is 61.1 Å². The Morgan fingerprint density at radius 1 is 1.23 bits per heavy atom. The highest BCUT2D eigenvalue weighted by molar-refractivity contribution is 14.0. The molecule has 0 saturated carbocycles. The maximum Gasteiger partial charge on any atom is 0.244 e. The molecule has 0 fully saturated rings. The Balaban J connectivity index is 0.00000480. The molecule has 170 valence electrons. The lowest BCUT2D eigenvalue weighted by molar-refractivity contribution is -0.128. The zero-order chi connectivity index (χ0) is 21.8. The molecule has 0 spiro atoms. The van der Waals surface area contributed by atoms with E-state index in [0.717, 1.165) is 5.69 Å². The molecule has 31 heavy (non-hydrogen) atoms. The van der Waals surface area contributed by atoms with E-state index in [1.165, 1.54) is 12.1 Å². The van der Waals surface area contributed by atoms with Crippen LogP contribution in [0.1, 0.15) is 19.5 Å². The fraction of sp³-hybridized carbons (Fsp3) is 0.409. The van der Waals surface area contributed by atoms with Crippen molar-refractivity contribution in [3.63, 3.8) is 0 Å². The predicted molar refractivity (Wildman–Crippen MR) is 131 cm³/mol. The Bertz CT molecular complexity index is 805. The first-order valence-electron chi connectivity index (χ1n) is 10.1. The number of guanidine groups is 1. The number of benzene rings is 1. The van der Waals surface area contributed by atoms with Crippen LogP contribution in [0.5, 0.6) is 5.75 Å². The Morgan fingerprint density at radius 2 is 1.97 bits per heavy atom. The monoisotopic (exact) mass is 543 g/mol. The van der Waals surface area contributed by atoms with Gasteiger partial charge >= 0.3 is 0 Å². The SMILES string of the molecule is CCNC(=NCC(=O)N(C)CCc1ccccn1)NCC(C)Oc1ccc(F)cc1.I. The van der Waals surface area contributed by atoms with Gasteiger partial charge in [0.15, 0.2) is 5.96 Å². The topological polar surface area (TPSA) is 78.9 Å². The van der Waals surface area contributed by atoms with E-state index in [1.807, 2.05) is 32.0 Å². The van der Waals surface area contributed by atoms with E-state index in [2.05, 4.69) is 20.6 Å². The lowest BCUT2D eigenvalue weighted by atomic mass is 10.2. The lowest BCUT2D eigenvalue weighted by Gasteiger charge is -2.19. The molecule has 0 saturated heterocycles. The van der Waals surface area contributed by atoms with Gasteiger partial charge in [0, 0.05) is 38.4 Å². The Kier molecular flexibility index (Phi) is 12.5. The summed E-state index contributed by atoms with van der Waals surface area (Å²) in [5, 5.41) is 6.28. The number of nitrogens with one attached hydrogen (secondary N) is 2. The van der Waals surface area contributed by atoms with Crippen LogP contribution in [0, 0.1) is 5.82 Å². The maximum absolute atomic E-state index is 13.0. The predicted octanol–water partition coefficient (Wildman–Crippen LogP) is 2.86. The van der Waals surface area contributed by atoms with Gasteiger partial charge in [0.05, 0.1) is 6.54 Å². The Morgan fingerprint density at radius 3 is 2.61 bits per heavy atom. The molecule has 1 unspecified atom stereocenters. The van der Waals surface area contributed by atoms with E-state index in [-0.39, 0.29) is 48.3 Å². The lowest BCUT2D eigenvalue weighted by Crippen LogP contribution is -2.42. The summed E-state index contributed by atoms with van der Waals surface area (Å²) in [6, 6.07) is 11.6. The molecule has 0 aliphatic carbocycles. The van der Waals surface area contributed by atoms with E-state index in [0.29, 0.717) is 37.8 Å². The summed E-state index contributed by atoms with van der Waals surface area (Å²) in [5.74, 6) is 0.763. The van der Waals surface area contributed by atoms with Gasteiger partial charge in [-0.15, -0.1) is 24.0 Å². The number of carbonyl (C=O) groups is 1. The van der Waals surface area contributed by atoms with Crippen molar-refractivity contribution in [1.29, 1.82) is 0 Å². The quantitative estimate of drug-likeness (QED) is 0.274. The zero-order valence-electron chi connectivity index (χ0n) is 18.2. The molecule has 2 N–H and O–H groups in total. The average Bonchev–Trinajstić information content (AvgIpc) is 2.76. The number of pyridine rings is 1. The van der Waals surface area contributed by atoms with Crippen LogP contribution in [0.3, 0.4) is 0 Å². The molecule has 1 aromatic carbocycles. The minimum absolute atomic E-state index is 0. The molecule has 0 aliphatic heterocycles.